The van der Waals surface area contributed by atoms with E-state index in [2.05, 4.69) is 19.9 Å². The highest BCUT2D eigenvalue weighted by Gasteiger charge is 2.11. The van der Waals surface area contributed by atoms with Crippen molar-refractivity contribution < 1.29 is 9.47 Å². The number of aromatic nitrogens is 4. The predicted molar refractivity (Wildman–Crippen MR) is 78.5 cm³/mol. The van der Waals surface area contributed by atoms with E-state index in [1.165, 1.54) is 0 Å². The molecule has 0 saturated carbocycles. The third kappa shape index (κ3) is 4.01. The van der Waals surface area contributed by atoms with E-state index in [0.717, 1.165) is 24.2 Å². The number of hydrogen-bond acceptors (Lipinski definition) is 7. The third-order valence-corrected chi connectivity index (χ3v) is 2.65. The van der Waals surface area contributed by atoms with Crippen LogP contribution in [-0.4, -0.2) is 26.5 Å². The molecule has 0 spiro atoms. The minimum absolute atomic E-state index is 0.0595. The standard InChI is InChI=1S/C14H19N5O2/c1-4-8-20-13-17-12(15)18-14(19-13)21-11-7-6-9(3)16-10(11)5-2/h6-7H,4-5,8H2,1-3H3,(H2,15,17,18,19). The molecule has 0 atom stereocenters. The molecule has 2 aromatic rings. The first-order valence-corrected chi connectivity index (χ1v) is 6.91. The maximum Gasteiger partial charge on any atom is 0.330 e. The van der Waals surface area contributed by atoms with Crippen LogP contribution < -0.4 is 15.2 Å². The lowest BCUT2D eigenvalue weighted by atomic mass is 10.2. The number of rotatable bonds is 6. The van der Waals surface area contributed by atoms with E-state index < -0.39 is 0 Å². The van der Waals surface area contributed by atoms with Gasteiger partial charge in [0.15, 0.2) is 5.75 Å². The van der Waals surface area contributed by atoms with Crippen LogP contribution in [0.25, 0.3) is 0 Å². The lowest BCUT2D eigenvalue weighted by Crippen LogP contribution is -2.06. The van der Waals surface area contributed by atoms with Gasteiger partial charge in [0.25, 0.3) is 0 Å². The molecule has 112 valence electrons. The van der Waals surface area contributed by atoms with Crippen LogP contribution in [0.4, 0.5) is 5.95 Å². The second-order valence-electron chi connectivity index (χ2n) is 4.46. The van der Waals surface area contributed by atoms with E-state index in [-0.39, 0.29) is 18.0 Å². The van der Waals surface area contributed by atoms with Crippen LogP contribution >= 0.6 is 0 Å². The minimum atomic E-state index is 0.0595. The molecule has 0 bridgehead atoms. The normalized spacial score (nSPS) is 10.4. The molecule has 2 rings (SSSR count). The van der Waals surface area contributed by atoms with Crippen LogP contribution in [0.3, 0.4) is 0 Å². The maximum atomic E-state index is 5.67. The highest BCUT2D eigenvalue weighted by atomic mass is 16.5. The van der Waals surface area contributed by atoms with Crippen molar-refractivity contribution in [1.82, 2.24) is 19.9 Å². The Morgan fingerprint density at radius 2 is 1.81 bits per heavy atom. The van der Waals surface area contributed by atoms with Gasteiger partial charge in [-0.15, -0.1) is 4.98 Å². The Hall–Kier alpha value is -2.44. The quantitative estimate of drug-likeness (QED) is 0.871. The highest BCUT2D eigenvalue weighted by molar-refractivity contribution is 5.32. The molecule has 0 aromatic carbocycles. The van der Waals surface area contributed by atoms with E-state index >= 15 is 0 Å². The van der Waals surface area contributed by atoms with Crippen LogP contribution in [0.2, 0.25) is 0 Å². The molecule has 0 aliphatic carbocycles. The summed E-state index contributed by atoms with van der Waals surface area (Å²) in [6.45, 7) is 6.44. The van der Waals surface area contributed by atoms with Gasteiger partial charge in [-0.25, -0.2) is 0 Å². The number of hydrogen-bond donors (Lipinski definition) is 1. The summed E-state index contributed by atoms with van der Waals surface area (Å²) >= 11 is 0. The Morgan fingerprint density at radius 1 is 1.05 bits per heavy atom. The maximum absolute atomic E-state index is 5.67. The summed E-state index contributed by atoms with van der Waals surface area (Å²) in [6, 6.07) is 3.98. The average molecular weight is 289 g/mol. The molecule has 0 unspecified atom stereocenters. The lowest BCUT2D eigenvalue weighted by Gasteiger charge is -2.09. The van der Waals surface area contributed by atoms with Crippen molar-refractivity contribution in [3.8, 4) is 17.8 Å². The summed E-state index contributed by atoms with van der Waals surface area (Å²) in [4.78, 5) is 16.4. The molecule has 2 heterocycles. The molecule has 0 amide bonds. The van der Waals surface area contributed by atoms with Crippen molar-refractivity contribution in [2.45, 2.75) is 33.6 Å². The number of anilines is 1. The van der Waals surface area contributed by atoms with E-state index in [0.29, 0.717) is 12.4 Å². The van der Waals surface area contributed by atoms with Gasteiger partial charge in [-0.1, -0.05) is 13.8 Å². The summed E-state index contributed by atoms with van der Waals surface area (Å²) in [5.74, 6) is 0.666. The number of nitrogens with zero attached hydrogens (tertiary/aromatic N) is 4. The number of ether oxygens (including phenoxy) is 2. The Labute approximate surface area is 123 Å². The fraction of sp³-hybridized carbons (Fsp3) is 0.429. The van der Waals surface area contributed by atoms with Crippen LogP contribution in [-0.2, 0) is 6.42 Å². The molecule has 21 heavy (non-hydrogen) atoms. The molecule has 0 saturated heterocycles. The van der Waals surface area contributed by atoms with Gasteiger partial charge in [-0.05, 0) is 31.9 Å². The SMILES string of the molecule is CCCOc1nc(N)nc(Oc2ccc(C)nc2CC)n1. The molecular weight excluding hydrogens is 270 g/mol. The van der Waals surface area contributed by atoms with Gasteiger partial charge in [-0.3, -0.25) is 4.98 Å². The second kappa shape index (κ2) is 6.83. The number of nitrogen functional groups attached to an aromatic ring is 1. The molecular formula is C14H19N5O2. The number of pyridine rings is 1. The van der Waals surface area contributed by atoms with Crippen LogP contribution in [0.1, 0.15) is 31.7 Å². The first kappa shape index (κ1) is 15.0. The Balaban J connectivity index is 2.24. The number of nitrogens with two attached hydrogens (primary N) is 1. The molecule has 7 nitrogen and oxygen atoms in total. The third-order valence-electron chi connectivity index (χ3n) is 2.65. The van der Waals surface area contributed by atoms with Gasteiger partial charge in [0.1, 0.15) is 0 Å². The lowest BCUT2D eigenvalue weighted by molar-refractivity contribution is 0.285. The van der Waals surface area contributed by atoms with Gasteiger partial charge in [-0.2, -0.15) is 9.97 Å². The van der Waals surface area contributed by atoms with Gasteiger partial charge in [0.2, 0.25) is 5.95 Å². The van der Waals surface area contributed by atoms with E-state index in [4.69, 9.17) is 15.2 Å². The molecule has 0 aliphatic rings. The zero-order valence-corrected chi connectivity index (χ0v) is 12.5. The van der Waals surface area contributed by atoms with E-state index in [1.54, 1.807) is 0 Å². The smallest absolute Gasteiger partial charge is 0.330 e. The molecule has 7 heteroatoms. The second-order valence-corrected chi connectivity index (χ2v) is 4.46. The average Bonchev–Trinajstić information content (AvgIpc) is 2.46. The molecule has 0 aliphatic heterocycles. The summed E-state index contributed by atoms with van der Waals surface area (Å²) in [7, 11) is 0. The zero-order chi connectivity index (χ0) is 15.2. The van der Waals surface area contributed by atoms with Gasteiger partial charge in [0, 0.05) is 5.69 Å². The van der Waals surface area contributed by atoms with Crippen molar-refractivity contribution in [2.75, 3.05) is 12.3 Å². The minimum Gasteiger partial charge on any atom is -0.463 e. The summed E-state index contributed by atoms with van der Waals surface area (Å²) < 4.78 is 11.0. The Morgan fingerprint density at radius 3 is 2.52 bits per heavy atom. The Kier molecular flexibility index (Phi) is 4.86. The zero-order valence-electron chi connectivity index (χ0n) is 12.5. The fourth-order valence-electron chi connectivity index (χ4n) is 1.70. The predicted octanol–water partition coefficient (Wildman–Crippen LogP) is 2.30. The van der Waals surface area contributed by atoms with Crippen LogP contribution in [0.5, 0.6) is 17.8 Å². The largest absolute Gasteiger partial charge is 0.463 e. The fourth-order valence-corrected chi connectivity index (χ4v) is 1.70. The van der Waals surface area contributed by atoms with E-state index in [9.17, 15) is 0 Å². The van der Waals surface area contributed by atoms with Crippen molar-refractivity contribution in [3.05, 3.63) is 23.5 Å². The van der Waals surface area contributed by atoms with Crippen molar-refractivity contribution in [2.24, 2.45) is 0 Å². The van der Waals surface area contributed by atoms with Crippen LogP contribution in [0, 0.1) is 6.92 Å². The van der Waals surface area contributed by atoms with E-state index in [1.807, 2.05) is 32.9 Å². The molecule has 0 radical (unpaired) electrons. The summed E-state index contributed by atoms with van der Waals surface area (Å²) in [5.41, 5.74) is 7.41. The first-order valence-electron chi connectivity index (χ1n) is 6.91. The van der Waals surface area contributed by atoms with Crippen molar-refractivity contribution >= 4 is 5.95 Å². The topological polar surface area (TPSA) is 96.0 Å². The summed E-state index contributed by atoms with van der Waals surface area (Å²) in [6.07, 6.45) is 1.60. The first-order chi connectivity index (χ1) is 10.1. The van der Waals surface area contributed by atoms with Gasteiger partial charge in [0.05, 0.1) is 12.3 Å². The molecule has 2 N–H and O–H groups in total. The molecule has 0 fully saturated rings. The van der Waals surface area contributed by atoms with Crippen molar-refractivity contribution in [3.63, 3.8) is 0 Å². The summed E-state index contributed by atoms with van der Waals surface area (Å²) in [5, 5.41) is 0. The monoisotopic (exact) mass is 289 g/mol. The van der Waals surface area contributed by atoms with Gasteiger partial charge >= 0.3 is 12.0 Å². The van der Waals surface area contributed by atoms with Gasteiger partial charge < -0.3 is 15.2 Å². The van der Waals surface area contributed by atoms with Crippen LogP contribution in [0.15, 0.2) is 12.1 Å². The van der Waals surface area contributed by atoms with Crippen molar-refractivity contribution in [1.29, 1.82) is 0 Å². The Bertz CT molecular complexity index is 618. The molecule has 2 aromatic heterocycles. The highest BCUT2D eigenvalue weighted by Crippen LogP contribution is 2.23. The number of aryl methyl sites for hydroxylation is 2.